The summed E-state index contributed by atoms with van der Waals surface area (Å²) in [5.74, 6) is -0.472. The van der Waals surface area contributed by atoms with Gasteiger partial charge in [0, 0.05) is 18.3 Å². The normalized spacial score (nSPS) is 30.9. The minimum absolute atomic E-state index is 0.0789. The Labute approximate surface area is 145 Å². The van der Waals surface area contributed by atoms with Crippen molar-refractivity contribution in [3.8, 4) is 5.75 Å². The summed E-state index contributed by atoms with van der Waals surface area (Å²) in [5, 5.41) is 3.01. The van der Waals surface area contributed by atoms with Gasteiger partial charge in [0.05, 0.1) is 12.6 Å². The topological polar surface area (TPSA) is 38.3 Å². The van der Waals surface area contributed by atoms with Crippen molar-refractivity contribution in [2.75, 3.05) is 6.61 Å². The first kappa shape index (κ1) is 16.3. The Morgan fingerprint density at radius 3 is 3.08 bits per heavy atom. The first-order valence-electron chi connectivity index (χ1n) is 8.78. The van der Waals surface area contributed by atoms with Gasteiger partial charge in [-0.1, -0.05) is 6.07 Å². The second kappa shape index (κ2) is 6.28. The van der Waals surface area contributed by atoms with Gasteiger partial charge in [0.15, 0.2) is 0 Å². The van der Waals surface area contributed by atoms with Crippen LogP contribution in [0.25, 0.3) is 0 Å². The van der Waals surface area contributed by atoms with Crippen LogP contribution in [0.1, 0.15) is 30.5 Å². The van der Waals surface area contributed by atoms with E-state index < -0.39 is 17.9 Å². The number of allylic oxidation sites excluding steroid dienone is 4. The fourth-order valence-corrected chi connectivity index (χ4v) is 3.82. The number of halogens is 2. The molecule has 5 atom stereocenters. The zero-order chi connectivity index (χ0) is 17.6. The summed E-state index contributed by atoms with van der Waals surface area (Å²) in [4.78, 5) is 12.5. The van der Waals surface area contributed by atoms with E-state index in [-0.39, 0.29) is 23.8 Å². The molecule has 2 aliphatic carbocycles. The quantitative estimate of drug-likeness (QED) is 0.901. The monoisotopic (exact) mass is 345 g/mol. The number of nitrogens with one attached hydrogen (secondary N) is 1. The number of alkyl halides is 1. The van der Waals surface area contributed by atoms with Gasteiger partial charge in [-0.25, -0.2) is 8.78 Å². The average molecular weight is 345 g/mol. The summed E-state index contributed by atoms with van der Waals surface area (Å²) < 4.78 is 32.8. The van der Waals surface area contributed by atoms with E-state index in [0.29, 0.717) is 13.0 Å². The van der Waals surface area contributed by atoms with Gasteiger partial charge in [-0.15, -0.1) is 0 Å². The predicted molar refractivity (Wildman–Crippen MR) is 90.5 cm³/mol. The Balaban J connectivity index is 1.37. The van der Waals surface area contributed by atoms with Crippen LogP contribution in [0, 0.1) is 17.8 Å². The zero-order valence-electron chi connectivity index (χ0n) is 14.0. The maximum atomic E-state index is 14.0. The Hall–Kier alpha value is -2.17. The number of hydrogen-bond donors (Lipinski definition) is 1. The lowest BCUT2D eigenvalue weighted by atomic mass is 9.92. The molecule has 5 unspecified atom stereocenters. The minimum Gasteiger partial charge on any atom is -0.493 e. The molecule has 0 spiro atoms. The molecule has 25 heavy (non-hydrogen) atoms. The summed E-state index contributed by atoms with van der Waals surface area (Å²) in [7, 11) is 0. The standard InChI is InChI=1S/C20H21F2NO2/c1-11(12-2-5-19-13(8-12)6-7-25-19)23-20(24)17-10-15(17)16-9-14(21)3-4-18(16)22/h2-5,8-9,11,15-18H,6-7,10H2,1H3,(H,23,24). The highest BCUT2D eigenvalue weighted by molar-refractivity contribution is 5.82. The van der Waals surface area contributed by atoms with E-state index in [1.54, 1.807) is 0 Å². The van der Waals surface area contributed by atoms with E-state index in [1.807, 2.05) is 19.1 Å². The van der Waals surface area contributed by atoms with Crippen LogP contribution >= 0.6 is 0 Å². The van der Waals surface area contributed by atoms with Gasteiger partial charge < -0.3 is 10.1 Å². The summed E-state index contributed by atoms with van der Waals surface area (Å²) in [6, 6.07) is 5.84. The van der Waals surface area contributed by atoms with Gasteiger partial charge in [-0.3, -0.25) is 4.79 Å². The van der Waals surface area contributed by atoms with Gasteiger partial charge in [-0.2, -0.15) is 0 Å². The lowest BCUT2D eigenvalue weighted by Gasteiger charge is -2.19. The molecular formula is C20H21F2NO2. The molecule has 1 aliphatic heterocycles. The van der Waals surface area contributed by atoms with E-state index in [4.69, 9.17) is 4.74 Å². The smallest absolute Gasteiger partial charge is 0.223 e. The number of carbonyl (C=O) groups excluding carboxylic acids is 1. The third-order valence-electron chi connectivity index (χ3n) is 5.40. The SMILES string of the molecule is CC(NC(=O)C1CC1C1C=C(F)C=CC1F)c1ccc2c(c1)CCO2. The van der Waals surface area contributed by atoms with Crippen molar-refractivity contribution >= 4 is 5.91 Å². The lowest BCUT2D eigenvalue weighted by Crippen LogP contribution is -2.30. The highest BCUT2D eigenvalue weighted by Crippen LogP contribution is 2.48. The number of fused-ring (bicyclic) bond motifs is 1. The number of benzene rings is 1. The van der Waals surface area contributed by atoms with E-state index in [1.165, 1.54) is 12.2 Å². The molecule has 3 nitrogen and oxygen atoms in total. The fourth-order valence-electron chi connectivity index (χ4n) is 3.82. The number of ether oxygens (including phenoxy) is 1. The molecular weight excluding hydrogens is 324 g/mol. The van der Waals surface area contributed by atoms with E-state index >= 15 is 0 Å². The molecule has 1 amide bonds. The molecule has 0 radical (unpaired) electrons. The third-order valence-corrected chi connectivity index (χ3v) is 5.40. The molecule has 1 aromatic carbocycles. The van der Waals surface area contributed by atoms with Crippen LogP contribution in [0.15, 0.2) is 42.3 Å². The number of amides is 1. The molecule has 0 bridgehead atoms. The maximum Gasteiger partial charge on any atom is 0.223 e. The Kier molecular flexibility index (Phi) is 4.10. The summed E-state index contributed by atoms with van der Waals surface area (Å²) >= 11 is 0. The molecule has 132 valence electrons. The van der Waals surface area contributed by atoms with Gasteiger partial charge >= 0.3 is 0 Å². The first-order chi connectivity index (χ1) is 12.0. The van der Waals surface area contributed by atoms with Crippen molar-refractivity contribution in [1.82, 2.24) is 5.32 Å². The number of carbonyl (C=O) groups is 1. The van der Waals surface area contributed by atoms with Crippen LogP contribution in [0.4, 0.5) is 8.78 Å². The third kappa shape index (κ3) is 3.20. The van der Waals surface area contributed by atoms with Gasteiger partial charge in [0.25, 0.3) is 0 Å². The van der Waals surface area contributed by atoms with E-state index in [9.17, 15) is 13.6 Å². The van der Waals surface area contributed by atoms with Crippen molar-refractivity contribution in [1.29, 1.82) is 0 Å². The van der Waals surface area contributed by atoms with Crippen LogP contribution in [0.2, 0.25) is 0 Å². The van der Waals surface area contributed by atoms with Gasteiger partial charge in [-0.05, 0) is 60.8 Å². The van der Waals surface area contributed by atoms with Crippen LogP contribution in [0.5, 0.6) is 5.75 Å². The Morgan fingerprint density at radius 1 is 1.40 bits per heavy atom. The van der Waals surface area contributed by atoms with E-state index in [2.05, 4.69) is 11.4 Å². The van der Waals surface area contributed by atoms with Crippen molar-refractivity contribution in [2.24, 2.45) is 17.8 Å². The van der Waals surface area contributed by atoms with Crippen LogP contribution < -0.4 is 10.1 Å². The molecule has 0 aromatic heterocycles. The molecule has 5 heteroatoms. The van der Waals surface area contributed by atoms with Gasteiger partial charge in [0.2, 0.25) is 5.91 Å². The Morgan fingerprint density at radius 2 is 2.24 bits per heavy atom. The highest BCUT2D eigenvalue weighted by Gasteiger charge is 2.49. The fraction of sp³-hybridized carbons (Fsp3) is 0.450. The van der Waals surface area contributed by atoms with Crippen molar-refractivity contribution in [2.45, 2.75) is 32.0 Å². The predicted octanol–water partition coefficient (Wildman–Crippen LogP) is 3.81. The minimum atomic E-state index is -1.21. The second-order valence-corrected chi connectivity index (χ2v) is 7.13. The lowest BCUT2D eigenvalue weighted by molar-refractivity contribution is -0.123. The highest BCUT2D eigenvalue weighted by atomic mass is 19.1. The van der Waals surface area contributed by atoms with Crippen molar-refractivity contribution in [3.05, 3.63) is 53.4 Å². The van der Waals surface area contributed by atoms with Crippen molar-refractivity contribution in [3.63, 3.8) is 0 Å². The molecule has 1 fully saturated rings. The largest absolute Gasteiger partial charge is 0.493 e. The summed E-state index contributed by atoms with van der Waals surface area (Å²) in [5.41, 5.74) is 2.20. The molecule has 3 aliphatic rings. The molecule has 1 aromatic rings. The van der Waals surface area contributed by atoms with Crippen LogP contribution in [-0.2, 0) is 11.2 Å². The van der Waals surface area contributed by atoms with Crippen molar-refractivity contribution < 1.29 is 18.3 Å². The van der Waals surface area contributed by atoms with Crippen LogP contribution in [0.3, 0.4) is 0 Å². The van der Waals surface area contributed by atoms with Gasteiger partial charge in [0.1, 0.15) is 17.7 Å². The first-order valence-corrected chi connectivity index (χ1v) is 8.78. The molecule has 1 heterocycles. The maximum absolute atomic E-state index is 14.0. The zero-order valence-corrected chi connectivity index (χ0v) is 14.0. The number of hydrogen-bond acceptors (Lipinski definition) is 2. The average Bonchev–Trinajstić information content (AvgIpc) is 3.25. The second-order valence-electron chi connectivity index (χ2n) is 7.13. The molecule has 0 saturated heterocycles. The molecule has 1 N–H and O–H groups in total. The molecule has 1 saturated carbocycles. The number of rotatable bonds is 4. The Bertz CT molecular complexity index is 758. The molecule has 4 rings (SSSR count). The summed E-state index contributed by atoms with van der Waals surface area (Å²) in [6.45, 7) is 2.64. The van der Waals surface area contributed by atoms with Crippen LogP contribution in [-0.4, -0.2) is 18.7 Å². The van der Waals surface area contributed by atoms with E-state index in [0.717, 1.165) is 29.4 Å². The summed E-state index contributed by atoms with van der Waals surface area (Å²) in [6.07, 6.45) is 3.99.